The van der Waals surface area contributed by atoms with Crippen molar-refractivity contribution in [3.05, 3.63) is 47.8 Å². The van der Waals surface area contributed by atoms with Crippen LogP contribution in [-0.2, 0) is 11.2 Å². The number of nitrogens with zero attached hydrogens (tertiary/aromatic N) is 4. The van der Waals surface area contributed by atoms with Crippen LogP contribution in [0.3, 0.4) is 0 Å². The number of anilines is 2. The monoisotopic (exact) mass is 383 g/mol. The first kappa shape index (κ1) is 19.6. The molecule has 1 fully saturated rings. The smallest absolute Gasteiger partial charge is 0.409 e. The van der Waals surface area contributed by atoms with Gasteiger partial charge in [0.1, 0.15) is 5.69 Å². The second-order valence-corrected chi connectivity index (χ2v) is 6.38. The van der Waals surface area contributed by atoms with Crippen LogP contribution < -0.4 is 10.2 Å². The molecule has 0 bridgehead atoms. The Hall–Kier alpha value is -3.16. The normalized spacial score (nSPS) is 13.9. The lowest BCUT2D eigenvalue weighted by Crippen LogP contribution is -2.49. The van der Waals surface area contributed by atoms with Crippen molar-refractivity contribution in [3.63, 3.8) is 0 Å². The summed E-state index contributed by atoms with van der Waals surface area (Å²) >= 11 is 0. The highest BCUT2D eigenvalue weighted by atomic mass is 16.6. The highest BCUT2D eigenvalue weighted by Crippen LogP contribution is 2.17. The predicted octanol–water partition coefficient (Wildman–Crippen LogP) is 2.57. The molecule has 0 saturated carbocycles. The minimum atomic E-state index is -0.300. The lowest BCUT2D eigenvalue weighted by atomic mass is 10.1. The van der Waals surface area contributed by atoms with Crippen molar-refractivity contribution in [1.82, 2.24) is 14.9 Å². The molecule has 8 nitrogen and oxygen atoms in total. The second-order valence-electron chi connectivity index (χ2n) is 6.38. The molecule has 0 spiro atoms. The number of rotatable bonds is 5. The number of aromatic nitrogens is 2. The number of para-hydroxylation sites is 1. The molecule has 3 rings (SSSR count). The van der Waals surface area contributed by atoms with Crippen molar-refractivity contribution in [1.29, 1.82) is 0 Å². The van der Waals surface area contributed by atoms with Crippen molar-refractivity contribution >= 4 is 23.6 Å². The third-order valence-electron chi connectivity index (χ3n) is 4.61. The van der Waals surface area contributed by atoms with Gasteiger partial charge in [-0.3, -0.25) is 4.79 Å². The van der Waals surface area contributed by atoms with Gasteiger partial charge in [0.05, 0.1) is 6.61 Å². The van der Waals surface area contributed by atoms with Gasteiger partial charge in [-0.15, -0.1) is 0 Å². The average Bonchev–Trinajstić information content (AvgIpc) is 2.74. The number of piperazine rings is 1. The van der Waals surface area contributed by atoms with E-state index in [1.165, 1.54) is 0 Å². The molecule has 0 atom stereocenters. The minimum absolute atomic E-state index is 0.269. The van der Waals surface area contributed by atoms with Crippen LogP contribution in [0.25, 0.3) is 0 Å². The Balaban J connectivity index is 1.66. The van der Waals surface area contributed by atoms with E-state index in [1.807, 2.05) is 36.1 Å². The topological polar surface area (TPSA) is 87.7 Å². The SMILES string of the molecule is CCOC(=O)N1CCN(c2nccc(C(=O)Nc3ccccc3CC)n2)CC1. The first-order valence-corrected chi connectivity index (χ1v) is 9.51. The number of hydrogen-bond donors (Lipinski definition) is 1. The van der Waals surface area contributed by atoms with Gasteiger partial charge in [0, 0.05) is 38.1 Å². The van der Waals surface area contributed by atoms with Gasteiger partial charge in [0.25, 0.3) is 5.91 Å². The quantitative estimate of drug-likeness (QED) is 0.854. The van der Waals surface area contributed by atoms with E-state index in [9.17, 15) is 9.59 Å². The molecular weight excluding hydrogens is 358 g/mol. The summed E-state index contributed by atoms with van der Waals surface area (Å²) in [5.41, 5.74) is 2.17. The van der Waals surface area contributed by atoms with Crippen LogP contribution in [0, 0.1) is 0 Å². The van der Waals surface area contributed by atoms with Crippen LogP contribution in [0.15, 0.2) is 36.5 Å². The molecule has 1 aliphatic rings. The molecule has 2 aromatic rings. The summed E-state index contributed by atoms with van der Waals surface area (Å²) in [7, 11) is 0. The van der Waals surface area contributed by atoms with Gasteiger partial charge >= 0.3 is 6.09 Å². The third-order valence-corrected chi connectivity index (χ3v) is 4.61. The fourth-order valence-corrected chi connectivity index (χ4v) is 3.07. The molecule has 0 aliphatic carbocycles. The first-order chi connectivity index (χ1) is 13.6. The number of amides is 2. The van der Waals surface area contributed by atoms with Crippen molar-refractivity contribution in [2.24, 2.45) is 0 Å². The summed E-state index contributed by atoms with van der Waals surface area (Å²) in [5.74, 6) is 0.217. The van der Waals surface area contributed by atoms with E-state index in [2.05, 4.69) is 15.3 Å². The Bertz CT molecular complexity index is 834. The van der Waals surface area contributed by atoms with Gasteiger partial charge in [0.2, 0.25) is 5.95 Å². The Kier molecular flexibility index (Phi) is 6.41. The van der Waals surface area contributed by atoms with Gasteiger partial charge in [-0.25, -0.2) is 14.8 Å². The zero-order valence-corrected chi connectivity index (χ0v) is 16.2. The number of hydrogen-bond acceptors (Lipinski definition) is 6. The average molecular weight is 383 g/mol. The molecule has 1 aromatic carbocycles. The molecule has 148 valence electrons. The van der Waals surface area contributed by atoms with Crippen molar-refractivity contribution in [2.75, 3.05) is 43.0 Å². The number of carbonyl (C=O) groups excluding carboxylic acids is 2. The number of carbonyl (C=O) groups is 2. The number of ether oxygens (including phenoxy) is 1. The second kappa shape index (κ2) is 9.16. The predicted molar refractivity (Wildman–Crippen MR) is 107 cm³/mol. The Morgan fingerprint density at radius 3 is 2.57 bits per heavy atom. The fraction of sp³-hybridized carbons (Fsp3) is 0.400. The fourth-order valence-electron chi connectivity index (χ4n) is 3.07. The molecular formula is C20H25N5O3. The maximum absolute atomic E-state index is 12.6. The maximum Gasteiger partial charge on any atom is 0.409 e. The summed E-state index contributed by atoms with van der Waals surface area (Å²) in [6, 6.07) is 9.32. The lowest BCUT2D eigenvalue weighted by molar-refractivity contribution is 0.102. The number of aryl methyl sites for hydroxylation is 1. The van der Waals surface area contributed by atoms with E-state index in [1.54, 1.807) is 24.1 Å². The Labute approximate surface area is 164 Å². The van der Waals surface area contributed by atoms with Gasteiger partial charge in [0.15, 0.2) is 0 Å². The van der Waals surface area contributed by atoms with E-state index in [0.717, 1.165) is 17.7 Å². The Morgan fingerprint density at radius 1 is 1.11 bits per heavy atom. The van der Waals surface area contributed by atoms with Crippen LogP contribution in [-0.4, -0.2) is 59.7 Å². The Morgan fingerprint density at radius 2 is 1.86 bits per heavy atom. The van der Waals surface area contributed by atoms with Crippen LogP contribution in [0.5, 0.6) is 0 Å². The summed E-state index contributed by atoms with van der Waals surface area (Å²) in [6.07, 6.45) is 2.11. The first-order valence-electron chi connectivity index (χ1n) is 9.51. The standard InChI is InChI=1S/C20H25N5O3/c1-3-15-7-5-6-8-16(15)22-18(26)17-9-10-21-19(23-17)24-11-13-25(14-12-24)20(27)28-4-2/h5-10H,3-4,11-14H2,1-2H3,(H,22,26). The van der Waals surface area contributed by atoms with E-state index < -0.39 is 0 Å². The minimum Gasteiger partial charge on any atom is -0.450 e. The highest BCUT2D eigenvalue weighted by Gasteiger charge is 2.24. The number of nitrogens with one attached hydrogen (secondary N) is 1. The summed E-state index contributed by atoms with van der Waals surface area (Å²) in [5, 5.41) is 2.93. The summed E-state index contributed by atoms with van der Waals surface area (Å²) < 4.78 is 5.03. The molecule has 0 unspecified atom stereocenters. The molecule has 2 amide bonds. The number of benzene rings is 1. The van der Waals surface area contributed by atoms with Gasteiger partial charge in [-0.05, 0) is 31.0 Å². The van der Waals surface area contributed by atoms with Crippen molar-refractivity contribution in [3.8, 4) is 0 Å². The van der Waals surface area contributed by atoms with Crippen LogP contribution in [0.1, 0.15) is 29.9 Å². The molecule has 0 radical (unpaired) electrons. The van der Waals surface area contributed by atoms with E-state index in [4.69, 9.17) is 4.74 Å². The van der Waals surface area contributed by atoms with Gasteiger partial charge < -0.3 is 19.9 Å². The van der Waals surface area contributed by atoms with Gasteiger partial charge in [-0.1, -0.05) is 25.1 Å². The summed E-state index contributed by atoms with van der Waals surface area (Å²) in [4.78, 5) is 36.8. The van der Waals surface area contributed by atoms with E-state index in [-0.39, 0.29) is 12.0 Å². The van der Waals surface area contributed by atoms with Gasteiger partial charge in [-0.2, -0.15) is 0 Å². The van der Waals surface area contributed by atoms with Crippen molar-refractivity contribution < 1.29 is 14.3 Å². The zero-order chi connectivity index (χ0) is 19.9. The maximum atomic E-state index is 12.6. The summed E-state index contributed by atoms with van der Waals surface area (Å²) in [6.45, 7) is 6.43. The van der Waals surface area contributed by atoms with Crippen LogP contribution >= 0.6 is 0 Å². The molecule has 8 heteroatoms. The molecule has 1 aromatic heterocycles. The van der Waals surface area contributed by atoms with Crippen LogP contribution in [0.2, 0.25) is 0 Å². The molecule has 1 saturated heterocycles. The molecule has 2 heterocycles. The molecule has 28 heavy (non-hydrogen) atoms. The zero-order valence-electron chi connectivity index (χ0n) is 16.2. The van der Waals surface area contributed by atoms with Crippen LogP contribution in [0.4, 0.5) is 16.4 Å². The molecule has 1 aliphatic heterocycles. The van der Waals surface area contributed by atoms with E-state index in [0.29, 0.717) is 44.4 Å². The van der Waals surface area contributed by atoms with Crippen molar-refractivity contribution in [2.45, 2.75) is 20.3 Å². The third kappa shape index (κ3) is 4.57. The van der Waals surface area contributed by atoms with E-state index >= 15 is 0 Å². The molecule has 1 N–H and O–H groups in total. The largest absolute Gasteiger partial charge is 0.450 e. The highest BCUT2D eigenvalue weighted by molar-refractivity contribution is 6.03. The lowest BCUT2D eigenvalue weighted by Gasteiger charge is -2.34.